The Morgan fingerprint density at radius 1 is 1.50 bits per heavy atom. The molecule has 8 heteroatoms. The molecule has 0 saturated heterocycles. The van der Waals surface area contributed by atoms with Crippen LogP contribution in [0.15, 0.2) is 21.2 Å². The van der Waals surface area contributed by atoms with Crippen LogP contribution in [-0.2, 0) is 5.75 Å². The predicted octanol–water partition coefficient (Wildman–Crippen LogP) is 3.87. The molecule has 110 valence electrons. The molecule has 0 radical (unpaired) electrons. The van der Waals surface area contributed by atoms with Gasteiger partial charge in [-0.1, -0.05) is 0 Å². The van der Waals surface area contributed by atoms with Gasteiger partial charge < -0.3 is 9.52 Å². The molecule has 0 spiro atoms. The first-order valence-electron chi connectivity index (χ1n) is 5.69. The lowest BCUT2D eigenvalue weighted by Gasteiger charge is -2.13. The summed E-state index contributed by atoms with van der Waals surface area (Å²) in [6.07, 6.45) is -6.88. The zero-order valence-electron chi connectivity index (χ0n) is 10.5. The molecular weight excluding hydrogens is 311 g/mol. The molecule has 0 aliphatic rings. The lowest BCUT2D eigenvalue weighted by molar-refractivity contribution is -0.195. The third-order valence-corrected chi connectivity index (χ3v) is 4.27. The van der Waals surface area contributed by atoms with Crippen molar-refractivity contribution in [2.45, 2.75) is 25.0 Å². The van der Waals surface area contributed by atoms with E-state index in [-0.39, 0.29) is 5.75 Å². The van der Waals surface area contributed by atoms with Crippen LogP contribution in [0, 0.1) is 6.92 Å². The highest BCUT2D eigenvalue weighted by Crippen LogP contribution is 2.28. The van der Waals surface area contributed by atoms with E-state index in [0.29, 0.717) is 17.3 Å². The van der Waals surface area contributed by atoms with Crippen molar-refractivity contribution in [1.82, 2.24) is 4.98 Å². The first-order chi connectivity index (χ1) is 9.38. The SMILES string of the molecule is Cc1oc(-c2ccsc2)nc1CSC[C@H](O)C(F)(F)F. The van der Waals surface area contributed by atoms with Gasteiger partial charge in [-0.3, -0.25) is 0 Å². The fraction of sp³-hybridized carbons (Fsp3) is 0.417. The number of hydrogen-bond acceptors (Lipinski definition) is 5. The molecule has 0 amide bonds. The largest absolute Gasteiger partial charge is 0.441 e. The minimum atomic E-state index is -4.58. The van der Waals surface area contributed by atoms with Crippen LogP contribution in [0.25, 0.3) is 11.5 Å². The number of rotatable bonds is 5. The molecule has 0 fully saturated rings. The van der Waals surface area contributed by atoms with Gasteiger partial charge in [0.1, 0.15) is 5.76 Å². The van der Waals surface area contributed by atoms with E-state index in [1.165, 1.54) is 11.3 Å². The van der Waals surface area contributed by atoms with Crippen LogP contribution in [0.2, 0.25) is 0 Å². The summed E-state index contributed by atoms with van der Waals surface area (Å²) in [5, 5.41) is 12.7. The summed E-state index contributed by atoms with van der Waals surface area (Å²) < 4.78 is 41.9. The summed E-state index contributed by atoms with van der Waals surface area (Å²) in [6, 6.07) is 1.86. The molecular formula is C12H12F3NO2S2. The number of halogens is 3. The zero-order chi connectivity index (χ0) is 14.8. The zero-order valence-corrected chi connectivity index (χ0v) is 12.1. The number of thioether (sulfide) groups is 1. The maximum Gasteiger partial charge on any atom is 0.415 e. The highest BCUT2D eigenvalue weighted by Gasteiger charge is 2.37. The van der Waals surface area contributed by atoms with Crippen LogP contribution < -0.4 is 0 Å². The van der Waals surface area contributed by atoms with E-state index in [0.717, 1.165) is 17.3 Å². The van der Waals surface area contributed by atoms with Crippen LogP contribution >= 0.6 is 23.1 Å². The van der Waals surface area contributed by atoms with E-state index in [4.69, 9.17) is 9.52 Å². The van der Waals surface area contributed by atoms with Gasteiger partial charge in [-0.05, 0) is 18.4 Å². The maximum absolute atomic E-state index is 12.1. The van der Waals surface area contributed by atoms with Crippen molar-refractivity contribution >= 4 is 23.1 Å². The number of alkyl halides is 3. The van der Waals surface area contributed by atoms with Gasteiger partial charge in [-0.2, -0.15) is 36.3 Å². The fourth-order valence-electron chi connectivity index (χ4n) is 1.43. The van der Waals surface area contributed by atoms with E-state index >= 15 is 0 Å². The van der Waals surface area contributed by atoms with E-state index in [1.807, 2.05) is 16.8 Å². The number of aromatic nitrogens is 1. The highest BCUT2D eigenvalue weighted by molar-refractivity contribution is 7.98. The molecule has 0 aliphatic heterocycles. The Bertz CT molecular complexity index is 552. The molecule has 0 aliphatic carbocycles. The Labute approximate surface area is 121 Å². The van der Waals surface area contributed by atoms with Gasteiger partial charge in [0.25, 0.3) is 0 Å². The quantitative estimate of drug-likeness (QED) is 0.907. The molecule has 20 heavy (non-hydrogen) atoms. The third-order valence-electron chi connectivity index (χ3n) is 2.55. The molecule has 0 bridgehead atoms. The third kappa shape index (κ3) is 3.77. The second-order valence-corrected chi connectivity index (χ2v) is 5.92. The number of thiophene rings is 1. The Morgan fingerprint density at radius 3 is 2.85 bits per heavy atom. The van der Waals surface area contributed by atoms with E-state index in [9.17, 15) is 13.2 Å². The van der Waals surface area contributed by atoms with Gasteiger partial charge in [0.05, 0.1) is 5.69 Å². The molecule has 3 nitrogen and oxygen atoms in total. The number of oxazole rings is 1. The summed E-state index contributed by atoms with van der Waals surface area (Å²) in [5.41, 5.74) is 1.45. The first kappa shape index (κ1) is 15.4. The normalized spacial score (nSPS) is 13.7. The topological polar surface area (TPSA) is 46.3 Å². The van der Waals surface area contributed by atoms with E-state index in [1.54, 1.807) is 6.92 Å². The van der Waals surface area contributed by atoms with Crippen molar-refractivity contribution in [1.29, 1.82) is 0 Å². The van der Waals surface area contributed by atoms with Crippen LogP contribution in [0.1, 0.15) is 11.5 Å². The minimum Gasteiger partial charge on any atom is -0.441 e. The van der Waals surface area contributed by atoms with Gasteiger partial charge in [0.2, 0.25) is 5.89 Å². The van der Waals surface area contributed by atoms with Crippen molar-refractivity contribution in [3.63, 3.8) is 0 Å². The lowest BCUT2D eigenvalue weighted by Crippen LogP contribution is -2.30. The fourth-order valence-corrected chi connectivity index (χ4v) is 3.05. The molecule has 2 aromatic rings. The number of aliphatic hydroxyl groups excluding tert-OH is 1. The first-order valence-corrected chi connectivity index (χ1v) is 7.79. The van der Waals surface area contributed by atoms with Gasteiger partial charge in [0, 0.05) is 22.4 Å². The standard InChI is InChI=1S/C12H12F3NO2S2/c1-7-9(5-20-6-10(17)12(13,14)15)16-11(18-7)8-2-3-19-4-8/h2-4,10,17H,5-6H2,1H3/t10-/m0/s1. The van der Waals surface area contributed by atoms with Crippen LogP contribution in [0.3, 0.4) is 0 Å². The van der Waals surface area contributed by atoms with Crippen LogP contribution in [0.4, 0.5) is 13.2 Å². The second kappa shape index (κ2) is 6.19. The average molecular weight is 323 g/mol. The van der Waals surface area contributed by atoms with Crippen LogP contribution in [0.5, 0.6) is 0 Å². The van der Waals surface area contributed by atoms with Gasteiger partial charge >= 0.3 is 6.18 Å². The molecule has 0 aromatic carbocycles. The lowest BCUT2D eigenvalue weighted by atomic mass is 10.3. The smallest absolute Gasteiger partial charge is 0.415 e. The number of aryl methyl sites for hydroxylation is 1. The molecule has 1 atom stereocenters. The Kier molecular flexibility index (Phi) is 4.77. The molecule has 0 saturated carbocycles. The van der Waals surface area contributed by atoms with Crippen molar-refractivity contribution in [2.75, 3.05) is 5.75 Å². The summed E-state index contributed by atoms with van der Waals surface area (Å²) >= 11 is 2.49. The van der Waals surface area contributed by atoms with E-state index in [2.05, 4.69) is 4.98 Å². The van der Waals surface area contributed by atoms with Crippen LogP contribution in [-0.4, -0.2) is 28.1 Å². The van der Waals surface area contributed by atoms with Crippen molar-refractivity contribution in [2.24, 2.45) is 0 Å². The minimum absolute atomic E-state index is 0.270. The Hall–Kier alpha value is -0.990. The van der Waals surface area contributed by atoms with Crippen molar-refractivity contribution < 1.29 is 22.7 Å². The summed E-state index contributed by atoms with van der Waals surface area (Å²) in [6.45, 7) is 1.72. The summed E-state index contributed by atoms with van der Waals surface area (Å²) in [4.78, 5) is 4.27. The molecule has 1 N–H and O–H groups in total. The monoisotopic (exact) mass is 323 g/mol. The van der Waals surface area contributed by atoms with E-state index < -0.39 is 18.0 Å². The second-order valence-electron chi connectivity index (χ2n) is 4.11. The number of nitrogens with zero attached hydrogens (tertiary/aromatic N) is 1. The average Bonchev–Trinajstić information content (AvgIpc) is 2.98. The Balaban J connectivity index is 1.94. The molecule has 2 heterocycles. The highest BCUT2D eigenvalue weighted by atomic mass is 32.2. The molecule has 2 aromatic heterocycles. The van der Waals surface area contributed by atoms with Gasteiger partial charge in [0.15, 0.2) is 6.10 Å². The van der Waals surface area contributed by atoms with Gasteiger partial charge in [-0.15, -0.1) is 0 Å². The molecule has 0 unspecified atom stereocenters. The van der Waals surface area contributed by atoms with Crippen molar-refractivity contribution in [3.05, 3.63) is 28.3 Å². The summed E-state index contributed by atoms with van der Waals surface area (Å²) in [7, 11) is 0. The number of aliphatic hydroxyl groups is 1. The molecule has 2 rings (SSSR count). The maximum atomic E-state index is 12.1. The Morgan fingerprint density at radius 2 is 2.25 bits per heavy atom. The number of hydrogen-bond donors (Lipinski definition) is 1. The van der Waals surface area contributed by atoms with Gasteiger partial charge in [-0.25, -0.2) is 4.98 Å². The summed E-state index contributed by atoms with van der Waals surface area (Å²) in [5.74, 6) is 0.909. The predicted molar refractivity (Wildman–Crippen MR) is 72.8 cm³/mol. The van der Waals surface area contributed by atoms with Crippen molar-refractivity contribution in [3.8, 4) is 11.5 Å².